The minimum Gasteiger partial charge on any atom is -0.454 e. The molecule has 0 aliphatic heterocycles. The van der Waals surface area contributed by atoms with E-state index in [0.717, 1.165) is 5.56 Å². The molecule has 2 aromatic carbocycles. The topological polar surface area (TPSA) is 108 Å². The summed E-state index contributed by atoms with van der Waals surface area (Å²) in [6.07, 6.45) is 4.05. The molecule has 8 heteroatoms. The van der Waals surface area contributed by atoms with Crippen molar-refractivity contribution >= 4 is 17.5 Å². The van der Waals surface area contributed by atoms with E-state index in [0.29, 0.717) is 41.0 Å². The highest BCUT2D eigenvalue weighted by Crippen LogP contribution is 2.46. The fraction of sp³-hybridized carbons (Fsp3) is 0.357. The van der Waals surface area contributed by atoms with Crippen molar-refractivity contribution in [1.82, 2.24) is 15.5 Å². The molecular formula is C28H29ClN4O3. The van der Waals surface area contributed by atoms with Gasteiger partial charge in [0.2, 0.25) is 0 Å². The van der Waals surface area contributed by atoms with Crippen molar-refractivity contribution < 1.29 is 14.6 Å². The van der Waals surface area contributed by atoms with E-state index in [1.165, 1.54) is 0 Å². The van der Waals surface area contributed by atoms with Gasteiger partial charge in [-0.25, -0.2) is 0 Å². The van der Waals surface area contributed by atoms with Crippen molar-refractivity contribution in [3.05, 3.63) is 71.0 Å². The Balaban J connectivity index is 1.52. The summed E-state index contributed by atoms with van der Waals surface area (Å²) in [6, 6.07) is 14.0. The van der Waals surface area contributed by atoms with Crippen LogP contribution in [0.3, 0.4) is 0 Å². The third-order valence-electron chi connectivity index (χ3n) is 6.81. The Morgan fingerprint density at radius 3 is 2.44 bits per heavy atom. The summed E-state index contributed by atoms with van der Waals surface area (Å²) in [5.41, 5.74) is 1.54. The zero-order chi connectivity index (χ0) is 26.1. The lowest BCUT2D eigenvalue weighted by Crippen LogP contribution is -2.54. The number of rotatable bonds is 5. The molecule has 1 aliphatic carbocycles. The van der Waals surface area contributed by atoms with Gasteiger partial charge in [0.1, 0.15) is 23.1 Å². The summed E-state index contributed by atoms with van der Waals surface area (Å²) in [5, 5.41) is 31.5. The number of nitrogens with one attached hydrogen (secondary N) is 1. The van der Waals surface area contributed by atoms with Crippen LogP contribution in [0, 0.1) is 22.2 Å². The van der Waals surface area contributed by atoms with Gasteiger partial charge in [0.15, 0.2) is 0 Å². The lowest BCUT2D eigenvalue weighted by Gasteiger charge is -2.49. The van der Waals surface area contributed by atoms with Crippen molar-refractivity contribution in [2.45, 2.75) is 52.7 Å². The van der Waals surface area contributed by atoms with Gasteiger partial charge in [0.05, 0.1) is 23.5 Å². The van der Waals surface area contributed by atoms with Crippen LogP contribution >= 0.6 is 11.6 Å². The number of aliphatic hydroxyl groups is 1. The van der Waals surface area contributed by atoms with Crippen LogP contribution in [0.5, 0.6) is 11.5 Å². The number of nitriles is 1. The molecule has 0 radical (unpaired) electrons. The predicted octanol–water partition coefficient (Wildman–Crippen LogP) is 5.77. The van der Waals surface area contributed by atoms with E-state index in [9.17, 15) is 15.2 Å². The zero-order valence-electron chi connectivity index (χ0n) is 20.7. The van der Waals surface area contributed by atoms with E-state index in [1.54, 1.807) is 48.8 Å². The average molecular weight is 505 g/mol. The largest absolute Gasteiger partial charge is 0.454 e. The molecule has 2 N–H and O–H groups in total. The number of benzene rings is 2. The van der Waals surface area contributed by atoms with Gasteiger partial charge in [-0.15, -0.1) is 0 Å². The normalized spacial score (nSPS) is 20.2. The maximum Gasteiger partial charge on any atom is 0.251 e. The van der Waals surface area contributed by atoms with Gasteiger partial charge in [-0.2, -0.15) is 15.5 Å². The van der Waals surface area contributed by atoms with Crippen LogP contribution < -0.4 is 10.1 Å². The van der Waals surface area contributed by atoms with Crippen LogP contribution in [0.25, 0.3) is 11.1 Å². The Kier molecular flexibility index (Phi) is 7.03. The van der Waals surface area contributed by atoms with E-state index in [1.807, 2.05) is 33.8 Å². The number of aliphatic hydroxyl groups excluding tert-OH is 1. The second-order valence-electron chi connectivity index (χ2n) is 10.6. The molecule has 0 spiro atoms. The van der Waals surface area contributed by atoms with Crippen molar-refractivity contribution in [2.75, 3.05) is 0 Å². The Hall–Kier alpha value is -3.47. The Morgan fingerprint density at radius 2 is 1.83 bits per heavy atom. The fourth-order valence-corrected chi connectivity index (χ4v) is 5.48. The van der Waals surface area contributed by atoms with Crippen molar-refractivity contribution in [3.63, 3.8) is 0 Å². The number of hydrogen-bond acceptors (Lipinski definition) is 6. The molecule has 186 valence electrons. The third-order valence-corrected chi connectivity index (χ3v) is 7.10. The van der Waals surface area contributed by atoms with E-state index in [4.69, 9.17) is 16.3 Å². The highest BCUT2D eigenvalue weighted by atomic mass is 35.5. The van der Waals surface area contributed by atoms with Crippen LogP contribution in [0.1, 0.15) is 56.5 Å². The number of hydrogen-bond donors (Lipinski definition) is 2. The molecule has 36 heavy (non-hydrogen) atoms. The van der Waals surface area contributed by atoms with Crippen molar-refractivity contribution in [2.24, 2.45) is 10.8 Å². The maximum absolute atomic E-state index is 13.0. The SMILES string of the molecule is CC1(C)CC(NC(=O)c2ccc(Oc3cccc(-c4ccnnc4)c3C#N)c(Cl)c2)CC(C)(C)C1O. The zero-order valence-corrected chi connectivity index (χ0v) is 21.5. The number of nitrogens with zero attached hydrogens (tertiary/aromatic N) is 3. The standard InChI is InChI=1S/C28H29ClN4O3/c1-27(2)13-19(14-28(3,4)26(27)35)33-25(34)17-8-9-24(22(29)12-17)36-23-7-5-6-20(21(23)15-30)18-10-11-31-32-16-18/h5-12,16,19,26,35H,13-14H2,1-4H3,(H,33,34). The van der Waals surface area contributed by atoms with E-state index < -0.39 is 6.10 Å². The van der Waals surface area contributed by atoms with Gasteiger partial charge >= 0.3 is 0 Å². The first-order valence-corrected chi connectivity index (χ1v) is 12.2. The lowest BCUT2D eigenvalue weighted by molar-refractivity contribution is -0.0845. The molecule has 7 nitrogen and oxygen atoms in total. The molecule has 4 rings (SSSR count). The monoisotopic (exact) mass is 504 g/mol. The van der Waals surface area contributed by atoms with Gasteiger partial charge in [-0.1, -0.05) is 51.4 Å². The minimum absolute atomic E-state index is 0.0656. The van der Waals surface area contributed by atoms with Gasteiger partial charge in [-0.05, 0) is 54.0 Å². The van der Waals surface area contributed by atoms with Gasteiger partial charge < -0.3 is 15.2 Å². The van der Waals surface area contributed by atoms with Crippen molar-refractivity contribution in [1.29, 1.82) is 5.26 Å². The molecule has 1 heterocycles. The average Bonchev–Trinajstić information content (AvgIpc) is 2.83. The van der Waals surface area contributed by atoms with Gasteiger partial charge in [0.25, 0.3) is 5.91 Å². The molecule has 0 saturated heterocycles. The van der Waals surface area contributed by atoms with Gasteiger partial charge in [-0.3, -0.25) is 4.79 Å². The number of aromatic nitrogens is 2. The summed E-state index contributed by atoms with van der Waals surface area (Å²) in [7, 11) is 0. The predicted molar refractivity (Wildman–Crippen MR) is 138 cm³/mol. The Labute approximate surface area is 216 Å². The van der Waals surface area contributed by atoms with Crippen molar-refractivity contribution in [3.8, 4) is 28.7 Å². The van der Waals surface area contributed by atoms with E-state index in [2.05, 4.69) is 21.6 Å². The molecule has 0 unspecified atom stereocenters. The van der Waals surface area contributed by atoms with Gasteiger partial charge in [0, 0.05) is 22.7 Å². The summed E-state index contributed by atoms with van der Waals surface area (Å²) in [6.45, 7) is 8.10. The van der Waals surface area contributed by atoms with Crippen LogP contribution in [0.4, 0.5) is 0 Å². The first-order valence-electron chi connectivity index (χ1n) is 11.8. The summed E-state index contributed by atoms with van der Waals surface area (Å²) < 4.78 is 5.99. The molecule has 3 aromatic rings. The second kappa shape index (κ2) is 9.88. The second-order valence-corrected chi connectivity index (χ2v) is 11.0. The minimum atomic E-state index is -0.448. The van der Waals surface area contributed by atoms with E-state index >= 15 is 0 Å². The van der Waals surface area contributed by atoms with Crippen LogP contribution in [0.15, 0.2) is 54.9 Å². The summed E-state index contributed by atoms with van der Waals surface area (Å²) in [5.74, 6) is 0.440. The van der Waals surface area contributed by atoms with Crippen LogP contribution in [-0.2, 0) is 0 Å². The molecule has 0 atom stereocenters. The van der Waals surface area contributed by atoms with E-state index in [-0.39, 0.29) is 27.8 Å². The van der Waals surface area contributed by atoms with Crippen LogP contribution in [0.2, 0.25) is 5.02 Å². The first-order chi connectivity index (χ1) is 17.0. The number of carbonyl (C=O) groups is 1. The highest BCUT2D eigenvalue weighted by molar-refractivity contribution is 6.32. The summed E-state index contributed by atoms with van der Waals surface area (Å²) >= 11 is 6.49. The molecule has 1 aromatic heterocycles. The number of amides is 1. The number of halogens is 1. The quantitative estimate of drug-likeness (QED) is 0.457. The Bertz CT molecular complexity index is 1300. The fourth-order valence-electron chi connectivity index (χ4n) is 5.26. The summed E-state index contributed by atoms with van der Waals surface area (Å²) in [4.78, 5) is 13.0. The molecule has 1 aliphatic rings. The molecule has 1 amide bonds. The highest BCUT2D eigenvalue weighted by Gasteiger charge is 2.46. The Morgan fingerprint density at radius 1 is 1.11 bits per heavy atom. The molecule has 0 bridgehead atoms. The first kappa shape index (κ1) is 25.6. The smallest absolute Gasteiger partial charge is 0.251 e. The number of carbonyl (C=O) groups excluding carboxylic acids is 1. The molecule has 1 saturated carbocycles. The third kappa shape index (κ3) is 5.20. The molecular weight excluding hydrogens is 476 g/mol. The maximum atomic E-state index is 13.0. The number of ether oxygens (including phenoxy) is 1. The van der Waals surface area contributed by atoms with Crippen LogP contribution in [-0.4, -0.2) is 33.4 Å². The lowest BCUT2D eigenvalue weighted by atomic mass is 9.61. The molecule has 1 fully saturated rings.